The summed E-state index contributed by atoms with van der Waals surface area (Å²) in [4.78, 5) is 1.26. The fourth-order valence-corrected chi connectivity index (χ4v) is 3.19. The Morgan fingerprint density at radius 2 is 1.59 bits per heavy atom. The first-order valence-corrected chi connectivity index (χ1v) is 6.46. The molecule has 0 saturated heterocycles. The molecular weight excluding hydrogens is 226 g/mol. The molecule has 0 bridgehead atoms. The molecule has 0 amide bonds. The van der Waals surface area contributed by atoms with Gasteiger partial charge < -0.3 is 5.73 Å². The Labute approximate surface area is 105 Å². The summed E-state index contributed by atoms with van der Waals surface area (Å²) in [5, 5.41) is 1.18. The third-order valence-corrected chi connectivity index (χ3v) is 4.10. The Balaban J connectivity index is 2.04. The number of anilines is 1. The first-order chi connectivity index (χ1) is 8.34. The molecule has 3 aromatic rings. The molecule has 0 aliphatic heterocycles. The van der Waals surface area contributed by atoms with E-state index in [1.165, 1.54) is 20.5 Å². The number of thiophene rings is 1. The van der Waals surface area contributed by atoms with Crippen LogP contribution in [0.1, 0.15) is 10.4 Å². The van der Waals surface area contributed by atoms with Crippen LogP contribution in [0, 0.1) is 0 Å². The van der Waals surface area contributed by atoms with Crippen molar-refractivity contribution in [3.8, 4) is 0 Å². The SMILES string of the molecule is Nc1c(Cc2ccccc2)sc2ccccc12. The Kier molecular flexibility index (Phi) is 2.57. The molecule has 0 saturated carbocycles. The van der Waals surface area contributed by atoms with Crippen molar-refractivity contribution in [2.45, 2.75) is 6.42 Å². The van der Waals surface area contributed by atoms with Crippen LogP contribution < -0.4 is 5.73 Å². The van der Waals surface area contributed by atoms with E-state index in [-0.39, 0.29) is 0 Å². The Hall–Kier alpha value is -1.80. The van der Waals surface area contributed by atoms with Crippen LogP contribution >= 0.6 is 11.3 Å². The van der Waals surface area contributed by atoms with E-state index in [2.05, 4.69) is 42.5 Å². The second-order valence-electron chi connectivity index (χ2n) is 4.10. The predicted octanol–water partition coefficient (Wildman–Crippen LogP) is 4.07. The Bertz CT molecular complexity index is 640. The molecule has 2 N–H and O–H groups in total. The zero-order chi connectivity index (χ0) is 11.7. The van der Waals surface area contributed by atoms with Gasteiger partial charge in [0.05, 0.1) is 5.69 Å². The van der Waals surface area contributed by atoms with Gasteiger partial charge >= 0.3 is 0 Å². The normalized spacial score (nSPS) is 10.8. The lowest BCUT2D eigenvalue weighted by Gasteiger charge is -1.99. The average molecular weight is 239 g/mol. The van der Waals surface area contributed by atoms with Crippen molar-refractivity contribution in [1.29, 1.82) is 0 Å². The molecule has 2 heteroatoms. The smallest absolute Gasteiger partial charge is 0.0538 e. The molecule has 1 nitrogen and oxygen atoms in total. The molecule has 1 aromatic heterocycles. The molecule has 0 aliphatic rings. The van der Waals surface area contributed by atoms with Gasteiger partial charge in [-0.25, -0.2) is 0 Å². The highest BCUT2D eigenvalue weighted by molar-refractivity contribution is 7.19. The third-order valence-electron chi connectivity index (χ3n) is 2.92. The Morgan fingerprint density at radius 3 is 2.35 bits per heavy atom. The van der Waals surface area contributed by atoms with Crippen LogP contribution in [0.25, 0.3) is 10.1 Å². The van der Waals surface area contributed by atoms with Gasteiger partial charge in [-0.2, -0.15) is 0 Å². The van der Waals surface area contributed by atoms with Gasteiger partial charge in [-0.3, -0.25) is 0 Å². The fourth-order valence-electron chi connectivity index (χ4n) is 2.03. The fraction of sp³-hybridized carbons (Fsp3) is 0.0667. The van der Waals surface area contributed by atoms with Gasteiger partial charge in [-0.1, -0.05) is 48.5 Å². The highest BCUT2D eigenvalue weighted by atomic mass is 32.1. The topological polar surface area (TPSA) is 26.0 Å². The molecule has 0 unspecified atom stereocenters. The lowest BCUT2D eigenvalue weighted by molar-refractivity contribution is 1.25. The number of benzene rings is 2. The van der Waals surface area contributed by atoms with Gasteiger partial charge in [-0.15, -0.1) is 11.3 Å². The van der Waals surface area contributed by atoms with Crippen LogP contribution in [0.2, 0.25) is 0 Å². The predicted molar refractivity (Wildman–Crippen MR) is 75.5 cm³/mol. The molecule has 0 fully saturated rings. The number of hydrogen-bond donors (Lipinski definition) is 1. The van der Waals surface area contributed by atoms with Crippen molar-refractivity contribution in [1.82, 2.24) is 0 Å². The Morgan fingerprint density at radius 1 is 0.882 bits per heavy atom. The van der Waals surface area contributed by atoms with Crippen molar-refractivity contribution >= 4 is 27.1 Å². The summed E-state index contributed by atoms with van der Waals surface area (Å²) >= 11 is 1.79. The van der Waals surface area contributed by atoms with Crippen molar-refractivity contribution < 1.29 is 0 Å². The molecule has 84 valence electrons. The summed E-state index contributed by atoms with van der Waals surface area (Å²) in [6.07, 6.45) is 0.923. The van der Waals surface area contributed by atoms with Crippen molar-refractivity contribution in [2.75, 3.05) is 5.73 Å². The summed E-state index contributed by atoms with van der Waals surface area (Å²) in [6, 6.07) is 18.8. The van der Waals surface area contributed by atoms with Gasteiger partial charge in [0.15, 0.2) is 0 Å². The third kappa shape index (κ3) is 1.92. The lowest BCUT2D eigenvalue weighted by Crippen LogP contribution is -1.90. The quantitative estimate of drug-likeness (QED) is 0.716. The number of nitrogen functional groups attached to an aromatic ring is 1. The largest absolute Gasteiger partial charge is 0.397 e. The van der Waals surface area contributed by atoms with Gasteiger partial charge in [0.1, 0.15) is 0 Å². The molecule has 2 aromatic carbocycles. The summed E-state index contributed by atoms with van der Waals surface area (Å²) in [5.74, 6) is 0. The lowest BCUT2D eigenvalue weighted by atomic mass is 10.1. The van der Waals surface area contributed by atoms with Crippen LogP contribution in [0.4, 0.5) is 5.69 Å². The van der Waals surface area contributed by atoms with E-state index in [9.17, 15) is 0 Å². The zero-order valence-corrected chi connectivity index (χ0v) is 10.2. The minimum absolute atomic E-state index is 0.923. The van der Waals surface area contributed by atoms with Crippen molar-refractivity contribution in [3.05, 3.63) is 65.0 Å². The number of fused-ring (bicyclic) bond motifs is 1. The minimum Gasteiger partial charge on any atom is -0.397 e. The van der Waals surface area contributed by atoms with Gasteiger partial charge in [0.25, 0.3) is 0 Å². The summed E-state index contributed by atoms with van der Waals surface area (Å²) in [7, 11) is 0. The van der Waals surface area contributed by atoms with Crippen LogP contribution in [-0.4, -0.2) is 0 Å². The van der Waals surface area contributed by atoms with E-state index in [0.717, 1.165) is 12.1 Å². The van der Waals surface area contributed by atoms with Gasteiger partial charge in [-0.05, 0) is 11.6 Å². The van der Waals surface area contributed by atoms with Crippen molar-refractivity contribution in [2.24, 2.45) is 0 Å². The maximum Gasteiger partial charge on any atom is 0.0538 e. The average Bonchev–Trinajstić information content (AvgIpc) is 2.68. The molecule has 17 heavy (non-hydrogen) atoms. The van der Waals surface area contributed by atoms with E-state index in [0.29, 0.717) is 0 Å². The van der Waals surface area contributed by atoms with Crippen LogP contribution in [-0.2, 0) is 6.42 Å². The van der Waals surface area contributed by atoms with E-state index in [4.69, 9.17) is 5.73 Å². The van der Waals surface area contributed by atoms with Crippen LogP contribution in [0.5, 0.6) is 0 Å². The standard InChI is InChI=1S/C15H13NS/c16-15-12-8-4-5-9-13(12)17-14(15)10-11-6-2-1-3-7-11/h1-9H,10,16H2. The van der Waals surface area contributed by atoms with E-state index >= 15 is 0 Å². The molecule has 3 rings (SSSR count). The van der Waals surface area contributed by atoms with E-state index in [1.807, 2.05) is 12.1 Å². The number of nitrogens with two attached hydrogens (primary N) is 1. The van der Waals surface area contributed by atoms with Crippen LogP contribution in [0.3, 0.4) is 0 Å². The summed E-state index contributed by atoms with van der Waals surface area (Å²) < 4.78 is 1.27. The molecule has 0 aliphatic carbocycles. The van der Waals surface area contributed by atoms with Gasteiger partial charge in [0.2, 0.25) is 0 Å². The first-order valence-electron chi connectivity index (χ1n) is 5.64. The molecular formula is C15H13NS. The monoisotopic (exact) mass is 239 g/mol. The molecule has 1 heterocycles. The number of hydrogen-bond acceptors (Lipinski definition) is 2. The van der Waals surface area contributed by atoms with Crippen LogP contribution in [0.15, 0.2) is 54.6 Å². The summed E-state index contributed by atoms with van der Waals surface area (Å²) in [5.41, 5.74) is 8.45. The first kappa shape index (κ1) is 10.4. The van der Waals surface area contributed by atoms with E-state index in [1.54, 1.807) is 11.3 Å². The maximum absolute atomic E-state index is 6.20. The second kappa shape index (κ2) is 4.22. The highest BCUT2D eigenvalue weighted by Gasteiger charge is 2.08. The maximum atomic E-state index is 6.20. The van der Waals surface area contributed by atoms with Gasteiger partial charge in [0, 0.05) is 21.4 Å². The minimum atomic E-state index is 0.923. The molecule has 0 spiro atoms. The number of rotatable bonds is 2. The second-order valence-corrected chi connectivity index (χ2v) is 5.23. The van der Waals surface area contributed by atoms with Crippen molar-refractivity contribution in [3.63, 3.8) is 0 Å². The molecule has 0 atom stereocenters. The summed E-state index contributed by atoms with van der Waals surface area (Å²) in [6.45, 7) is 0. The van der Waals surface area contributed by atoms with E-state index < -0.39 is 0 Å². The zero-order valence-electron chi connectivity index (χ0n) is 9.39. The molecule has 0 radical (unpaired) electrons. The highest BCUT2D eigenvalue weighted by Crippen LogP contribution is 2.34.